The molecule has 1 amide bonds. The van der Waals surface area contributed by atoms with Crippen LogP contribution in [-0.4, -0.2) is 43.7 Å². The molecule has 1 saturated heterocycles. The van der Waals surface area contributed by atoms with Crippen molar-refractivity contribution in [2.75, 3.05) is 32.8 Å². The van der Waals surface area contributed by atoms with Crippen molar-refractivity contribution in [3.05, 3.63) is 35.9 Å². The van der Waals surface area contributed by atoms with Gasteiger partial charge >= 0.3 is 0 Å². The highest BCUT2D eigenvalue weighted by Crippen LogP contribution is 2.21. The van der Waals surface area contributed by atoms with E-state index in [0.717, 1.165) is 13.1 Å². The molecule has 0 bridgehead atoms. The number of rotatable bonds is 6. The number of carbonyl (C=O) groups is 1. The summed E-state index contributed by atoms with van der Waals surface area (Å²) < 4.78 is 5.27. The van der Waals surface area contributed by atoms with Crippen LogP contribution in [0, 0.1) is 5.92 Å². The minimum Gasteiger partial charge on any atom is -0.378 e. The van der Waals surface area contributed by atoms with Crippen molar-refractivity contribution in [3.63, 3.8) is 0 Å². The van der Waals surface area contributed by atoms with E-state index in [1.54, 1.807) is 0 Å². The number of ether oxygens (including phenoxy) is 1. The third kappa shape index (κ3) is 4.83. The summed E-state index contributed by atoms with van der Waals surface area (Å²) in [5.74, 6) is 0.715. The zero-order valence-electron chi connectivity index (χ0n) is 13.0. The topological polar surface area (TPSA) is 41.6 Å². The quantitative estimate of drug-likeness (QED) is 0.873. The molecule has 1 atom stereocenters. The summed E-state index contributed by atoms with van der Waals surface area (Å²) in [6.45, 7) is 7.91. The Morgan fingerprint density at radius 1 is 1.24 bits per heavy atom. The normalized spacial score (nSPS) is 17.0. The van der Waals surface area contributed by atoms with Gasteiger partial charge in [0.05, 0.1) is 13.2 Å². The van der Waals surface area contributed by atoms with E-state index in [1.165, 1.54) is 5.56 Å². The largest absolute Gasteiger partial charge is 0.378 e. The van der Waals surface area contributed by atoms with Crippen LogP contribution >= 0.6 is 0 Å². The van der Waals surface area contributed by atoms with E-state index in [1.807, 2.05) is 11.0 Å². The number of carbonyl (C=O) groups excluding carboxylic acids is 1. The number of amides is 1. The molecule has 0 spiro atoms. The number of benzene rings is 1. The molecule has 0 aromatic heterocycles. The maximum Gasteiger partial charge on any atom is 0.224 e. The molecule has 1 fully saturated rings. The minimum atomic E-state index is 0.223. The molecule has 4 heteroatoms. The fourth-order valence-electron chi connectivity index (χ4n) is 2.70. The molecular weight excluding hydrogens is 264 g/mol. The van der Waals surface area contributed by atoms with Gasteiger partial charge in [0.25, 0.3) is 0 Å². The first-order valence-corrected chi connectivity index (χ1v) is 7.82. The van der Waals surface area contributed by atoms with Crippen LogP contribution < -0.4 is 5.32 Å². The van der Waals surface area contributed by atoms with Gasteiger partial charge in [-0.2, -0.15) is 0 Å². The molecule has 21 heavy (non-hydrogen) atoms. The molecule has 116 valence electrons. The lowest BCUT2D eigenvalue weighted by Gasteiger charge is -2.28. The highest BCUT2D eigenvalue weighted by molar-refractivity contribution is 5.76. The molecule has 0 aliphatic carbocycles. The summed E-state index contributed by atoms with van der Waals surface area (Å²) in [5, 5.41) is 3.53. The van der Waals surface area contributed by atoms with E-state index in [-0.39, 0.29) is 5.91 Å². The van der Waals surface area contributed by atoms with Crippen molar-refractivity contribution in [1.29, 1.82) is 0 Å². The highest BCUT2D eigenvalue weighted by Gasteiger charge is 2.18. The van der Waals surface area contributed by atoms with Crippen molar-refractivity contribution in [1.82, 2.24) is 10.2 Å². The van der Waals surface area contributed by atoms with Crippen LogP contribution in [0.1, 0.15) is 31.9 Å². The van der Waals surface area contributed by atoms with Crippen molar-refractivity contribution >= 4 is 5.91 Å². The molecule has 4 nitrogen and oxygen atoms in total. The van der Waals surface area contributed by atoms with Gasteiger partial charge in [-0.1, -0.05) is 44.2 Å². The summed E-state index contributed by atoms with van der Waals surface area (Å²) in [4.78, 5) is 14.0. The second-order valence-electron chi connectivity index (χ2n) is 5.83. The maximum atomic E-state index is 12.1. The van der Waals surface area contributed by atoms with Crippen LogP contribution in [0.5, 0.6) is 0 Å². The molecular formula is C17H26N2O2. The predicted octanol–water partition coefficient (Wildman–Crippen LogP) is 2.22. The molecule has 1 aliphatic rings. The van der Waals surface area contributed by atoms with E-state index in [9.17, 15) is 4.79 Å². The monoisotopic (exact) mass is 290 g/mol. The van der Waals surface area contributed by atoms with E-state index < -0.39 is 0 Å². The number of nitrogens with one attached hydrogen (secondary N) is 1. The third-order valence-corrected chi connectivity index (χ3v) is 3.89. The second kappa shape index (κ2) is 8.15. The van der Waals surface area contributed by atoms with Gasteiger partial charge in [0.1, 0.15) is 0 Å². The Hall–Kier alpha value is -1.39. The van der Waals surface area contributed by atoms with Gasteiger partial charge in [0, 0.05) is 32.1 Å². The molecule has 0 saturated carbocycles. The van der Waals surface area contributed by atoms with E-state index in [0.29, 0.717) is 38.1 Å². The molecule has 2 rings (SSSR count). The Balaban J connectivity index is 1.81. The summed E-state index contributed by atoms with van der Waals surface area (Å²) >= 11 is 0. The lowest BCUT2D eigenvalue weighted by Crippen LogP contribution is -2.42. The molecule has 1 unspecified atom stereocenters. The third-order valence-electron chi connectivity index (χ3n) is 3.89. The first kappa shape index (κ1) is 16.0. The van der Waals surface area contributed by atoms with Gasteiger partial charge in [0.2, 0.25) is 5.91 Å². The SMILES string of the molecule is CC(C)C(NCCC(=O)N1CCOCC1)c1ccccc1. The zero-order chi connectivity index (χ0) is 15.1. The van der Waals surface area contributed by atoms with Gasteiger partial charge in [-0.15, -0.1) is 0 Å². The first-order valence-electron chi connectivity index (χ1n) is 7.82. The predicted molar refractivity (Wildman–Crippen MR) is 84.0 cm³/mol. The molecule has 1 aromatic carbocycles. The van der Waals surface area contributed by atoms with E-state index in [4.69, 9.17) is 4.74 Å². The van der Waals surface area contributed by atoms with Gasteiger partial charge in [-0.05, 0) is 11.5 Å². The lowest BCUT2D eigenvalue weighted by atomic mass is 9.96. The maximum absolute atomic E-state index is 12.1. The molecule has 1 heterocycles. The summed E-state index contributed by atoms with van der Waals surface area (Å²) in [7, 11) is 0. The minimum absolute atomic E-state index is 0.223. The summed E-state index contributed by atoms with van der Waals surface area (Å²) in [6, 6.07) is 10.7. The van der Waals surface area contributed by atoms with Crippen molar-refractivity contribution < 1.29 is 9.53 Å². The van der Waals surface area contributed by atoms with E-state index in [2.05, 4.69) is 43.4 Å². The van der Waals surface area contributed by atoms with Gasteiger partial charge < -0.3 is 15.0 Å². The van der Waals surface area contributed by atoms with Crippen LogP contribution in [0.4, 0.5) is 0 Å². The molecule has 1 N–H and O–H groups in total. The Bertz CT molecular complexity index is 428. The van der Waals surface area contributed by atoms with Crippen molar-refractivity contribution in [2.24, 2.45) is 5.92 Å². The average molecular weight is 290 g/mol. The fraction of sp³-hybridized carbons (Fsp3) is 0.588. The van der Waals surface area contributed by atoms with Crippen LogP contribution in [0.2, 0.25) is 0 Å². The van der Waals surface area contributed by atoms with Gasteiger partial charge in [0.15, 0.2) is 0 Å². The molecule has 1 aliphatic heterocycles. The first-order chi connectivity index (χ1) is 10.2. The van der Waals surface area contributed by atoms with Crippen molar-refractivity contribution in [2.45, 2.75) is 26.3 Å². The molecule has 0 radical (unpaired) electrons. The molecule has 1 aromatic rings. The number of hydrogen-bond donors (Lipinski definition) is 1. The second-order valence-corrected chi connectivity index (χ2v) is 5.83. The van der Waals surface area contributed by atoms with Crippen LogP contribution in [0.3, 0.4) is 0 Å². The number of morpholine rings is 1. The average Bonchev–Trinajstić information content (AvgIpc) is 2.52. The number of nitrogens with zero attached hydrogens (tertiary/aromatic N) is 1. The Labute approximate surface area is 127 Å². The van der Waals surface area contributed by atoms with Gasteiger partial charge in [-0.3, -0.25) is 4.79 Å². The Morgan fingerprint density at radius 3 is 2.52 bits per heavy atom. The number of hydrogen-bond acceptors (Lipinski definition) is 3. The lowest BCUT2D eigenvalue weighted by molar-refractivity contribution is -0.135. The standard InChI is InChI=1S/C17H26N2O2/c1-14(2)17(15-6-4-3-5-7-15)18-9-8-16(20)19-10-12-21-13-11-19/h3-7,14,17-18H,8-13H2,1-2H3. The van der Waals surface area contributed by atoms with Crippen molar-refractivity contribution in [3.8, 4) is 0 Å². The smallest absolute Gasteiger partial charge is 0.224 e. The van der Waals surface area contributed by atoms with Crippen LogP contribution in [-0.2, 0) is 9.53 Å². The zero-order valence-corrected chi connectivity index (χ0v) is 13.0. The summed E-state index contributed by atoms with van der Waals surface area (Å²) in [5.41, 5.74) is 1.28. The Kier molecular flexibility index (Phi) is 6.21. The fourth-order valence-corrected chi connectivity index (χ4v) is 2.70. The van der Waals surface area contributed by atoms with Crippen LogP contribution in [0.25, 0.3) is 0 Å². The highest BCUT2D eigenvalue weighted by atomic mass is 16.5. The van der Waals surface area contributed by atoms with Gasteiger partial charge in [-0.25, -0.2) is 0 Å². The van der Waals surface area contributed by atoms with E-state index >= 15 is 0 Å². The van der Waals surface area contributed by atoms with Crippen LogP contribution in [0.15, 0.2) is 30.3 Å². The Morgan fingerprint density at radius 2 is 1.90 bits per heavy atom. The summed E-state index contributed by atoms with van der Waals surface area (Å²) in [6.07, 6.45) is 0.552.